The van der Waals surface area contributed by atoms with Gasteiger partial charge in [-0.1, -0.05) is 30.3 Å². The molecule has 37 heavy (non-hydrogen) atoms. The minimum Gasteiger partial charge on any atom is -0.481 e. The van der Waals surface area contributed by atoms with Crippen molar-refractivity contribution in [3.8, 4) is 0 Å². The van der Waals surface area contributed by atoms with E-state index in [2.05, 4.69) is 16.0 Å². The molecule has 5 atom stereocenters. The second-order valence-corrected chi connectivity index (χ2v) is 8.70. The van der Waals surface area contributed by atoms with Gasteiger partial charge in [0.15, 0.2) is 0 Å². The summed E-state index contributed by atoms with van der Waals surface area (Å²) in [6.45, 7) is 1.60. The number of nitrogens with two attached hydrogens (primary N) is 2. The van der Waals surface area contributed by atoms with E-state index in [9.17, 15) is 34.2 Å². The van der Waals surface area contributed by atoms with Crippen LogP contribution >= 0.6 is 0 Å². The van der Waals surface area contributed by atoms with Gasteiger partial charge in [-0.2, -0.15) is 0 Å². The summed E-state index contributed by atoms with van der Waals surface area (Å²) >= 11 is 0. The van der Waals surface area contributed by atoms with Gasteiger partial charge < -0.3 is 42.7 Å². The second kappa shape index (κ2) is 16.2. The Hall–Kier alpha value is -3.55. The molecule has 0 heterocycles. The molecular formula is C24H37N5O8. The fourth-order valence-corrected chi connectivity index (χ4v) is 3.45. The molecule has 1 aromatic carbocycles. The number of rotatable bonds is 17. The number of carboxylic acids is 2. The smallest absolute Gasteiger partial charge is 0.326 e. The highest BCUT2D eigenvalue weighted by molar-refractivity contribution is 5.94. The summed E-state index contributed by atoms with van der Waals surface area (Å²) in [4.78, 5) is 60.7. The van der Waals surface area contributed by atoms with Crippen LogP contribution in [0.3, 0.4) is 0 Å². The quantitative estimate of drug-likeness (QED) is 0.110. The molecule has 0 saturated heterocycles. The highest BCUT2D eigenvalue weighted by Crippen LogP contribution is 2.07. The number of carbonyl (C=O) groups excluding carboxylic acids is 3. The number of carbonyl (C=O) groups is 5. The SMILES string of the molecule is CC(O)C(NC(=O)C(N)Cc1ccccc1)C(=O)NC(CCCCN)C(=O)NC(CCC(=O)O)C(=O)O. The Morgan fingerprint density at radius 2 is 1.49 bits per heavy atom. The number of hydrogen-bond acceptors (Lipinski definition) is 8. The predicted octanol–water partition coefficient (Wildman–Crippen LogP) is -1.53. The van der Waals surface area contributed by atoms with Crippen LogP contribution in [0.25, 0.3) is 0 Å². The van der Waals surface area contributed by atoms with Crippen LogP contribution in [0.5, 0.6) is 0 Å². The van der Waals surface area contributed by atoms with E-state index in [0.29, 0.717) is 19.4 Å². The van der Waals surface area contributed by atoms with E-state index in [0.717, 1.165) is 5.56 Å². The lowest BCUT2D eigenvalue weighted by Gasteiger charge is -2.26. The van der Waals surface area contributed by atoms with Gasteiger partial charge >= 0.3 is 11.9 Å². The first-order valence-electron chi connectivity index (χ1n) is 12.0. The minimum atomic E-state index is -1.49. The first-order chi connectivity index (χ1) is 17.5. The summed E-state index contributed by atoms with van der Waals surface area (Å²) in [6, 6.07) is 3.81. The molecular weight excluding hydrogens is 486 g/mol. The van der Waals surface area contributed by atoms with Crippen molar-refractivity contribution in [1.82, 2.24) is 16.0 Å². The van der Waals surface area contributed by atoms with Crippen LogP contribution in [0.2, 0.25) is 0 Å². The third-order valence-electron chi connectivity index (χ3n) is 5.54. The van der Waals surface area contributed by atoms with Crippen LogP contribution in [-0.2, 0) is 30.4 Å². The first-order valence-corrected chi connectivity index (χ1v) is 12.0. The Morgan fingerprint density at radius 1 is 0.865 bits per heavy atom. The lowest BCUT2D eigenvalue weighted by atomic mass is 10.0. The Labute approximate surface area is 215 Å². The van der Waals surface area contributed by atoms with Gasteiger partial charge in [0.1, 0.15) is 18.1 Å². The van der Waals surface area contributed by atoms with Crippen LogP contribution in [0.1, 0.15) is 44.6 Å². The molecule has 1 aromatic rings. The van der Waals surface area contributed by atoms with Gasteiger partial charge in [0, 0.05) is 6.42 Å². The molecule has 0 radical (unpaired) electrons. The number of benzene rings is 1. The van der Waals surface area contributed by atoms with E-state index in [4.69, 9.17) is 16.6 Å². The number of carboxylic acid groups (broad SMARTS) is 2. The molecule has 206 valence electrons. The summed E-state index contributed by atoms with van der Waals surface area (Å²) in [5.74, 6) is -5.06. The van der Waals surface area contributed by atoms with Crippen molar-refractivity contribution in [3.05, 3.63) is 35.9 Å². The Balaban J connectivity index is 2.92. The second-order valence-electron chi connectivity index (χ2n) is 8.70. The van der Waals surface area contributed by atoms with E-state index in [1.165, 1.54) is 6.92 Å². The largest absolute Gasteiger partial charge is 0.481 e. The average Bonchev–Trinajstić information content (AvgIpc) is 2.84. The van der Waals surface area contributed by atoms with E-state index >= 15 is 0 Å². The van der Waals surface area contributed by atoms with Gasteiger partial charge in [0.05, 0.1) is 12.1 Å². The zero-order valence-corrected chi connectivity index (χ0v) is 20.8. The van der Waals surface area contributed by atoms with Crippen molar-refractivity contribution in [2.24, 2.45) is 11.5 Å². The summed E-state index contributed by atoms with van der Waals surface area (Å²) < 4.78 is 0. The fourth-order valence-electron chi connectivity index (χ4n) is 3.45. The van der Waals surface area contributed by atoms with E-state index in [1.807, 2.05) is 6.07 Å². The van der Waals surface area contributed by atoms with Gasteiger partial charge in [-0.3, -0.25) is 19.2 Å². The molecule has 0 fully saturated rings. The molecule has 0 aliphatic rings. The number of hydrogen-bond donors (Lipinski definition) is 8. The van der Waals surface area contributed by atoms with Crippen molar-refractivity contribution < 1.29 is 39.3 Å². The maximum Gasteiger partial charge on any atom is 0.326 e. The molecule has 0 bridgehead atoms. The van der Waals surface area contributed by atoms with Crippen LogP contribution < -0.4 is 27.4 Å². The van der Waals surface area contributed by atoms with Gasteiger partial charge in [-0.15, -0.1) is 0 Å². The van der Waals surface area contributed by atoms with Crippen LogP contribution in [0.15, 0.2) is 30.3 Å². The predicted molar refractivity (Wildman–Crippen MR) is 133 cm³/mol. The summed E-state index contributed by atoms with van der Waals surface area (Å²) in [7, 11) is 0. The molecule has 0 aliphatic carbocycles. The van der Waals surface area contributed by atoms with Crippen molar-refractivity contribution in [3.63, 3.8) is 0 Å². The maximum absolute atomic E-state index is 13.0. The Morgan fingerprint density at radius 3 is 2.03 bits per heavy atom. The topological polar surface area (TPSA) is 234 Å². The molecule has 0 spiro atoms. The summed E-state index contributed by atoms with van der Waals surface area (Å²) in [5.41, 5.74) is 12.3. The number of amides is 3. The maximum atomic E-state index is 13.0. The van der Waals surface area contributed by atoms with Crippen molar-refractivity contribution in [1.29, 1.82) is 0 Å². The van der Waals surface area contributed by atoms with E-state index < -0.39 is 66.4 Å². The number of aliphatic hydroxyl groups excluding tert-OH is 1. The lowest BCUT2D eigenvalue weighted by Crippen LogP contribution is -2.60. The van der Waals surface area contributed by atoms with Gasteiger partial charge in [0.25, 0.3) is 0 Å². The van der Waals surface area contributed by atoms with Crippen molar-refractivity contribution >= 4 is 29.7 Å². The molecule has 5 unspecified atom stereocenters. The third-order valence-corrected chi connectivity index (χ3v) is 5.54. The van der Waals surface area contributed by atoms with Crippen LogP contribution in [0.4, 0.5) is 0 Å². The summed E-state index contributed by atoms with van der Waals surface area (Å²) in [6.07, 6.45) is -0.970. The molecule has 0 aromatic heterocycles. The first kappa shape index (κ1) is 31.5. The minimum absolute atomic E-state index is 0.0913. The number of nitrogens with one attached hydrogen (secondary N) is 3. The molecule has 1 rings (SSSR count). The van der Waals surface area contributed by atoms with E-state index in [1.54, 1.807) is 24.3 Å². The van der Waals surface area contributed by atoms with Crippen molar-refractivity contribution in [2.75, 3.05) is 6.54 Å². The number of unbranched alkanes of at least 4 members (excludes halogenated alkanes) is 1. The highest BCUT2D eigenvalue weighted by Gasteiger charge is 2.32. The lowest BCUT2D eigenvalue weighted by molar-refractivity contribution is -0.143. The molecule has 0 saturated carbocycles. The zero-order valence-electron chi connectivity index (χ0n) is 20.8. The monoisotopic (exact) mass is 523 g/mol. The van der Waals surface area contributed by atoms with Gasteiger partial charge in [-0.25, -0.2) is 4.79 Å². The van der Waals surface area contributed by atoms with Crippen LogP contribution in [-0.4, -0.2) is 81.8 Å². The van der Waals surface area contributed by atoms with E-state index in [-0.39, 0.29) is 19.3 Å². The fraction of sp³-hybridized carbons (Fsp3) is 0.542. The normalized spacial score (nSPS) is 14.9. The average molecular weight is 524 g/mol. The van der Waals surface area contributed by atoms with Crippen LogP contribution in [0, 0.1) is 0 Å². The Bertz CT molecular complexity index is 912. The Kier molecular flexibility index (Phi) is 13.8. The van der Waals surface area contributed by atoms with Gasteiger partial charge in [-0.05, 0) is 51.1 Å². The highest BCUT2D eigenvalue weighted by atomic mass is 16.4. The number of aliphatic hydroxyl groups is 1. The molecule has 13 heteroatoms. The molecule has 3 amide bonds. The van der Waals surface area contributed by atoms with Crippen molar-refractivity contribution in [2.45, 2.75) is 75.7 Å². The molecule has 0 aliphatic heterocycles. The standard InChI is InChI=1S/C24H37N5O8/c1-14(30)20(29-21(33)16(26)13-15-7-3-2-4-8-15)23(35)27-17(9-5-6-12-25)22(34)28-18(24(36)37)10-11-19(31)32/h2-4,7-8,14,16-18,20,30H,5-6,9-13,25-26H2,1H3,(H,27,35)(H,28,34)(H,29,33)(H,31,32)(H,36,37). The third kappa shape index (κ3) is 11.8. The number of aliphatic carboxylic acids is 2. The molecule has 10 N–H and O–H groups in total. The summed E-state index contributed by atoms with van der Waals surface area (Å²) in [5, 5.41) is 35.4. The van der Waals surface area contributed by atoms with Gasteiger partial charge in [0.2, 0.25) is 17.7 Å². The zero-order chi connectivity index (χ0) is 28.0. The molecule has 13 nitrogen and oxygen atoms in total.